The van der Waals surface area contributed by atoms with E-state index in [4.69, 9.17) is 10.8 Å². The predicted octanol–water partition coefficient (Wildman–Crippen LogP) is 3.55. The van der Waals surface area contributed by atoms with Crippen LogP contribution in [0.2, 0.25) is 0 Å². The number of hydrogen-bond acceptors (Lipinski definition) is 2. The second kappa shape index (κ2) is 7.09. The molecule has 3 heteroatoms. The van der Waals surface area contributed by atoms with Crippen LogP contribution in [0.5, 0.6) is 0 Å². The zero-order valence-electron chi connectivity index (χ0n) is 12.5. The van der Waals surface area contributed by atoms with E-state index >= 15 is 0 Å². The normalized spacial score (nSPS) is 26.1. The Morgan fingerprint density at radius 1 is 1.32 bits per heavy atom. The van der Waals surface area contributed by atoms with Crippen molar-refractivity contribution < 1.29 is 0 Å². The predicted molar refractivity (Wildman–Crippen MR) is 80.1 cm³/mol. The molecule has 0 amide bonds. The van der Waals surface area contributed by atoms with Crippen LogP contribution < -0.4 is 5.73 Å². The SMILES string of the molecule is CCC(C)n1ccc(CC2CCCCCC2CN)n1. The summed E-state index contributed by atoms with van der Waals surface area (Å²) in [6.45, 7) is 5.28. The first-order valence-electron chi connectivity index (χ1n) is 7.98. The van der Waals surface area contributed by atoms with Crippen LogP contribution in [0.3, 0.4) is 0 Å². The maximum Gasteiger partial charge on any atom is 0.0627 e. The molecule has 2 N–H and O–H groups in total. The van der Waals surface area contributed by atoms with Crippen molar-refractivity contribution in [3.05, 3.63) is 18.0 Å². The number of nitrogens with zero attached hydrogens (tertiary/aromatic N) is 2. The summed E-state index contributed by atoms with van der Waals surface area (Å²) >= 11 is 0. The van der Waals surface area contributed by atoms with Crippen LogP contribution in [0.4, 0.5) is 0 Å². The summed E-state index contributed by atoms with van der Waals surface area (Å²) in [5, 5.41) is 4.75. The van der Waals surface area contributed by atoms with Crippen molar-refractivity contribution >= 4 is 0 Å². The molecule has 1 aliphatic carbocycles. The highest BCUT2D eigenvalue weighted by atomic mass is 15.3. The zero-order chi connectivity index (χ0) is 13.7. The van der Waals surface area contributed by atoms with Crippen molar-refractivity contribution in [3.63, 3.8) is 0 Å². The molecule has 0 aliphatic heterocycles. The Kier molecular flexibility index (Phi) is 5.44. The minimum absolute atomic E-state index is 0.508. The zero-order valence-corrected chi connectivity index (χ0v) is 12.5. The summed E-state index contributed by atoms with van der Waals surface area (Å²) < 4.78 is 2.11. The second-order valence-corrected chi connectivity index (χ2v) is 6.14. The molecule has 1 aromatic rings. The van der Waals surface area contributed by atoms with Gasteiger partial charge in [0, 0.05) is 12.2 Å². The summed E-state index contributed by atoms with van der Waals surface area (Å²) in [5.74, 6) is 1.45. The van der Waals surface area contributed by atoms with Gasteiger partial charge in [-0.05, 0) is 57.1 Å². The van der Waals surface area contributed by atoms with Gasteiger partial charge in [-0.3, -0.25) is 4.68 Å². The fourth-order valence-electron chi connectivity index (χ4n) is 3.23. The van der Waals surface area contributed by atoms with Gasteiger partial charge < -0.3 is 5.73 Å². The van der Waals surface area contributed by atoms with Gasteiger partial charge in [-0.15, -0.1) is 0 Å². The van der Waals surface area contributed by atoms with E-state index in [9.17, 15) is 0 Å². The molecule has 1 aliphatic rings. The topological polar surface area (TPSA) is 43.8 Å². The number of hydrogen-bond donors (Lipinski definition) is 1. The van der Waals surface area contributed by atoms with Crippen molar-refractivity contribution in [2.24, 2.45) is 17.6 Å². The molecule has 0 aromatic carbocycles. The van der Waals surface area contributed by atoms with E-state index in [0.717, 1.165) is 25.3 Å². The maximum absolute atomic E-state index is 5.97. The number of rotatable bonds is 5. The van der Waals surface area contributed by atoms with E-state index in [1.165, 1.54) is 37.8 Å². The molecular formula is C16H29N3. The molecule has 3 nitrogen and oxygen atoms in total. The molecule has 3 atom stereocenters. The van der Waals surface area contributed by atoms with Gasteiger partial charge in [0.2, 0.25) is 0 Å². The van der Waals surface area contributed by atoms with Crippen molar-refractivity contribution in [2.45, 2.75) is 64.8 Å². The van der Waals surface area contributed by atoms with Gasteiger partial charge in [0.1, 0.15) is 0 Å². The van der Waals surface area contributed by atoms with Gasteiger partial charge in [-0.25, -0.2) is 0 Å². The van der Waals surface area contributed by atoms with Crippen LogP contribution in [0.15, 0.2) is 12.3 Å². The Morgan fingerprint density at radius 3 is 2.74 bits per heavy atom. The Labute approximate surface area is 117 Å². The smallest absolute Gasteiger partial charge is 0.0627 e. The van der Waals surface area contributed by atoms with Crippen molar-refractivity contribution in [2.75, 3.05) is 6.54 Å². The molecule has 0 radical (unpaired) electrons. The fraction of sp³-hybridized carbons (Fsp3) is 0.812. The van der Waals surface area contributed by atoms with E-state index in [0.29, 0.717) is 12.0 Å². The minimum Gasteiger partial charge on any atom is -0.330 e. The van der Waals surface area contributed by atoms with Gasteiger partial charge in [0.15, 0.2) is 0 Å². The van der Waals surface area contributed by atoms with E-state index in [-0.39, 0.29) is 0 Å². The van der Waals surface area contributed by atoms with E-state index in [1.54, 1.807) is 0 Å². The molecular weight excluding hydrogens is 234 g/mol. The van der Waals surface area contributed by atoms with Gasteiger partial charge in [0.25, 0.3) is 0 Å². The molecule has 1 saturated carbocycles. The first-order chi connectivity index (χ1) is 9.24. The van der Waals surface area contributed by atoms with Gasteiger partial charge in [-0.2, -0.15) is 5.10 Å². The third-order valence-electron chi connectivity index (χ3n) is 4.80. The average Bonchev–Trinajstić information content (AvgIpc) is 2.77. The van der Waals surface area contributed by atoms with Crippen LogP contribution in [0.1, 0.15) is 64.1 Å². The highest BCUT2D eigenvalue weighted by molar-refractivity contribution is 5.02. The summed E-state index contributed by atoms with van der Waals surface area (Å²) in [7, 11) is 0. The third-order valence-corrected chi connectivity index (χ3v) is 4.80. The Bertz CT molecular complexity index is 372. The quantitative estimate of drug-likeness (QED) is 0.826. The monoisotopic (exact) mass is 263 g/mol. The summed E-state index contributed by atoms with van der Waals surface area (Å²) in [4.78, 5) is 0. The van der Waals surface area contributed by atoms with Gasteiger partial charge in [-0.1, -0.05) is 26.2 Å². The summed E-state index contributed by atoms with van der Waals surface area (Å²) in [6, 6.07) is 2.71. The number of nitrogens with two attached hydrogens (primary N) is 1. The summed E-state index contributed by atoms with van der Waals surface area (Å²) in [6.07, 6.45) is 11.1. The van der Waals surface area contributed by atoms with Crippen molar-refractivity contribution in [1.29, 1.82) is 0 Å². The maximum atomic E-state index is 5.97. The van der Waals surface area contributed by atoms with Gasteiger partial charge in [0.05, 0.1) is 5.69 Å². The molecule has 19 heavy (non-hydrogen) atoms. The Morgan fingerprint density at radius 2 is 2.05 bits per heavy atom. The highest BCUT2D eigenvalue weighted by Crippen LogP contribution is 2.30. The molecule has 0 spiro atoms. The lowest BCUT2D eigenvalue weighted by atomic mass is 9.84. The van der Waals surface area contributed by atoms with E-state index < -0.39 is 0 Å². The lowest BCUT2D eigenvalue weighted by Crippen LogP contribution is -2.24. The molecule has 0 bridgehead atoms. The highest BCUT2D eigenvalue weighted by Gasteiger charge is 2.23. The molecule has 2 rings (SSSR count). The molecule has 108 valence electrons. The van der Waals surface area contributed by atoms with Crippen LogP contribution in [-0.4, -0.2) is 16.3 Å². The van der Waals surface area contributed by atoms with Crippen molar-refractivity contribution in [1.82, 2.24) is 9.78 Å². The lowest BCUT2D eigenvalue weighted by molar-refractivity contribution is 0.314. The van der Waals surface area contributed by atoms with Crippen LogP contribution in [0.25, 0.3) is 0 Å². The first-order valence-corrected chi connectivity index (χ1v) is 7.98. The third kappa shape index (κ3) is 3.82. The average molecular weight is 263 g/mol. The summed E-state index contributed by atoms with van der Waals surface area (Å²) in [5.41, 5.74) is 7.22. The standard InChI is InChI=1S/C16H29N3/c1-3-13(2)19-10-9-16(18-19)11-14-7-5-4-6-8-15(14)12-17/h9-10,13-15H,3-8,11-12,17H2,1-2H3. The molecule has 1 aromatic heterocycles. The molecule has 1 fully saturated rings. The minimum atomic E-state index is 0.508. The van der Waals surface area contributed by atoms with E-state index in [2.05, 4.69) is 30.8 Å². The van der Waals surface area contributed by atoms with Gasteiger partial charge >= 0.3 is 0 Å². The fourth-order valence-corrected chi connectivity index (χ4v) is 3.23. The first kappa shape index (κ1) is 14.6. The Balaban J connectivity index is 2.00. The van der Waals surface area contributed by atoms with Crippen LogP contribution >= 0.6 is 0 Å². The molecule has 3 unspecified atom stereocenters. The Hall–Kier alpha value is -0.830. The lowest BCUT2D eigenvalue weighted by Gasteiger charge is -2.22. The molecule has 0 saturated heterocycles. The number of aromatic nitrogens is 2. The largest absolute Gasteiger partial charge is 0.330 e. The van der Waals surface area contributed by atoms with Crippen LogP contribution in [-0.2, 0) is 6.42 Å². The van der Waals surface area contributed by atoms with Crippen LogP contribution in [0, 0.1) is 11.8 Å². The molecule has 1 heterocycles. The second-order valence-electron chi connectivity index (χ2n) is 6.14. The van der Waals surface area contributed by atoms with E-state index in [1.807, 2.05) is 0 Å². The van der Waals surface area contributed by atoms with Crippen molar-refractivity contribution in [3.8, 4) is 0 Å².